The summed E-state index contributed by atoms with van der Waals surface area (Å²) in [6.45, 7) is 3.25. The summed E-state index contributed by atoms with van der Waals surface area (Å²) >= 11 is 0.344. The van der Waals surface area contributed by atoms with Crippen molar-refractivity contribution in [1.82, 2.24) is 0 Å². The number of carbonyl (C=O) groups excluding carboxylic acids is 1. The van der Waals surface area contributed by atoms with Crippen LogP contribution in [0.15, 0.2) is 0 Å². The summed E-state index contributed by atoms with van der Waals surface area (Å²) in [5.74, 6) is -1.97. The van der Waals surface area contributed by atoms with Crippen molar-refractivity contribution in [1.29, 1.82) is 0 Å². The Morgan fingerprint density at radius 3 is 2.07 bits per heavy atom. The van der Waals surface area contributed by atoms with Gasteiger partial charge < -0.3 is 9.29 Å². The minimum atomic E-state index is -1.46. The zero-order valence-electron chi connectivity index (χ0n) is 7.37. The molecule has 0 fully saturated rings. The van der Waals surface area contributed by atoms with Gasteiger partial charge in [-0.25, -0.2) is 4.79 Å². The number of carbonyl (C=O) groups is 2. The van der Waals surface area contributed by atoms with Crippen LogP contribution in [0.2, 0.25) is 0 Å². The smallest absolute Gasteiger partial charge is 0.336 e. The van der Waals surface area contributed by atoms with Gasteiger partial charge in [0.1, 0.15) is 0 Å². The Bertz CT molecular complexity index is 204. The first kappa shape index (κ1) is 16.0. The van der Waals surface area contributed by atoms with Crippen LogP contribution in [-0.4, -0.2) is 17.0 Å². The lowest BCUT2D eigenvalue weighted by Crippen LogP contribution is -2.38. The number of hydrogen-bond acceptors (Lipinski definition) is 4. The van der Waals surface area contributed by atoms with E-state index in [9.17, 15) is 9.59 Å². The van der Waals surface area contributed by atoms with Gasteiger partial charge in [0.15, 0.2) is 16.7 Å². The van der Waals surface area contributed by atoms with Crippen molar-refractivity contribution in [3.63, 3.8) is 0 Å². The third-order valence-electron chi connectivity index (χ3n) is 2.11. The molecule has 0 heterocycles. The Hall–Kier alpha value is -0.420. The van der Waals surface area contributed by atoms with E-state index in [0.717, 1.165) is 0 Å². The summed E-state index contributed by atoms with van der Waals surface area (Å²) in [4.78, 5) is 22.1. The van der Waals surface area contributed by atoms with E-state index in [1.165, 1.54) is 0 Å². The fraction of sp³-hybridized carbons (Fsp3) is 0.750. The van der Waals surface area contributed by atoms with Crippen molar-refractivity contribution in [2.75, 3.05) is 0 Å². The van der Waals surface area contributed by atoms with Crippen LogP contribution in [0.25, 0.3) is 0 Å². The molecule has 0 amide bonds. The minimum absolute atomic E-state index is 0. The number of carboxylic acids is 1. The Kier molecular flexibility index (Phi) is 7.96. The lowest BCUT2D eigenvalue weighted by atomic mass is 9.83. The SMILES string of the molecule is C.CCC(CC)(C(=O)O)C(=O)OSCl. The molecule has 0 aromatic carbocycles. The lowest BCUT2D eigenvalue weighted by molar-refractivity contribution is -0.162. The molecule has 0 aliphatic carbocycles. The van der Waals surface area contributed by atoms with Crippen molar-refractivity contribution in [3.05, 3.63) is 0 Å². The van der Waals surface area contributed by atoms with Crippen molar-refractivity contribution in [3.8, 4) is 0 Å². The van der Waals surface area contributed by atoms with E-state index < -0.39 is 17.4 Å². The molecule has 0 spiro atoms. The van der Waals surface area contributed by atoms with Crippen molar-refractivity contribution in [2.24, 2.45) is 5.41 Å². The first-order chi connectivity index (χ1) is 6.05. The van der Waals surface area contributed by atoms with Gasteiger partial charge in [-0.3, -0.25) is 4.79 Å². The molecule has 0 aromatic rings. The molecule has 14 heavy (non-hydrogen) atoms. The van der Waals surface area contributed by atoms with Crippen molar-refractivity contribution >= 4 is 33.9 Å². The molecule has 0 saturated heterocycles. The highest BCUT2D eigenvalue weighted by Crippen LogP contribution is 2.30. The van der Waals surface area contributed by atoms with Gasteiger partial charge in [-0.15, -0.1) is 0 Å². The normalized spacial score (nSPS) is 10.2. The van der Waals surface area contributed by atoms with Gasteiger partial charge in [-0.1, -0.05) is 21.3 Å². The van der Waals surface area contributed by atoms with Gasteiger partial charge in [-0.2, -0.15) is 0 Å². The highest BCUT2D eigenvalue weighted by atomic mass is 35.7. The molecule has 0 aliphatic rings. The summed E-state index contributed by atoms with van der Waals surface area (Å²) in [5.41, 5.74) is -1.46. The Balaban J connectivity index is 0. The average molecular weight is 243 g/mol. The van der Waals surface area contributed by atoms with E-state index in [2.05, 4.69) is 4.18 Å². The summed E-state index contributed by atoms with van der Waals surface area (Å²) in [6.07, 6.45) is 0.379. The molecule has 0 rings (SSSR count). The van der Waals surface area contributed by atoms with Crippen LogP contribution in [0.4, 0.5) is 0 Å². The van der Waals surface area contributed by atoms with Gasteiger partial charge in [0.25, 0.3) is 0 Å². The molecular weight excluding hydrogens is 228 g/mol. The first-order valence-electron chi connectivity index (χ1n) is 3.78. The number of rotatable bonds is 5. The quantitative estimate of drug-likeness (QED) is 0.593. The van der Waals surface area contributed by atoms with Gasteiger partial charge >= 0.3 is 11.9 Å². The van der Waals surface area contributed by atoms with Crippen molar-refractivity contribution in [2.45, 2.75) is 34.1 Å². The standard InChI is InChI=1S/C7H11ClO4S.CH4/c1-3-7(4-2,5(9)10)6(11)12-13-8;/h3-4H2,1-2H3,(H,9,10);1H4. The predicted octanol–water partition coefficient (Wildman–Crippen LogP) is 2.86. The van der Waals surface area contributed by atoms with E-state index in [4.69, 9.17) is 15.8 Å². The number of carboxylic acid groups (broad SMARTS) is 1. The van der Waals surface area contributed by atoms with E-state index in [1.807, 2.05) is 0 Å². The fourth-order valence-corrected chi connectivity index (χ4v) is 1.43. The van der Waals surface area contributed by atoms with Crippen LogP contribution in [0, 0.1) is 5.41 Å². The molecule has 0 saturated carbocycles. The largest absolute Gasteiger partial charge is 0.480 e. The Morgan fingerprint density at radius 1 is 1.43 bits per heavy atom. The van der Waals surface area contributed by atoms with Gasteiger partial charge in [0, 0.05) is 10.7 Å². The second kappa shape index (κ2) is 6.95. The van der Waals surface area contributed by atoms with Crippen LogP contribution in [0.5, 0.6) is 0 Å². The van der Waals surface area contributed by atoms with E-state index in [0.29, 0.717) is 11.3 Å². The second-order valence-electron chi connectivity index (χ2n) is 2.53. The number of halogens is 1. The summed E-state index contributed by atoms with van der Waals surface area (Å²) < 4.78 is 4.41. The number of aliphatic carboxylic acids is 1. The lowest BCUT2D eigenvalue weighted by Gasteiger charge is -2.22. The third-order valence-corrected chi connectivity index (χ3v) is 2.52. The molecule has 84 valence electrons. The van der Waals surface area contributed by atoms with E-state index in [1.54, 1.807) is 13.8 Å². The first-order valence-corrected chi connectivity index (χ1v) is 5.35. The van der Waals surface area contributed by atoms with Crippen LogP contribution < -0.4 is 0 Å². The maximum absolute atomic E-state index is 11.3. The van der Waals surface area contributed by atoms with Crippen LogP contribution in [-0.2, 0) is 13.8 Å². The molecule has 6 heteroatoms. The summed E-state index contributed by atoms with van der Waals surface area (Å²) in [5, 5.41) is 8.87. The zero-order valence-corrected chi connectivity index (χ0v) is 8.94. The molecule has 0 aliphatic heterocycles. The second-order valence-corrected chi connectivity index (χ2v) is 3.20. The highest BCUT2D eigenvalue weighted by Gasteiger charge is 2.44. The third kappa shape index (κ3) is 3.06. The van der Waals surface area contributed by atoms with Crippen LogP contribution in [0.1, 0.15) is 34.1 Å². The molecular formula is C8H15ClO4S. The molecule has 0 unspecified atom stereocenters. The van der Waals surface area contributed by atoms with Gasteiger partial charge in [0.2, 0.25) is 0 Å². The summed E-state index contributed by atoms with van der Waals surface area (Å²) in [7, 11) is 5.10. The van der Waals surface area contributed by atoms with E-state index >= 15 is 0 Å². The average Bonchev–Trinajstić information content (AvgIpc) is 2.07. The molecule has 0 atom stereocenters. The van der Waals surface area contributed by atoms with Gasteiger partial charge in [-0.05, 0) is 12.8 Å². The van der Waals surface area contributed by atoms with Crippen molar-refractivity contribution < 1.29 is 18.9 Å². The fourth-order valence-electron chi connectivity index (χ4n) is 1.04. The Labute approximate surface area is 92.7 Å². The number of hydrogen-bond donors (Lipinski definition) is 1. The Morgan fingerprint density at radius 2 is 1.86 bits per heavy atom. The molecule has 0 bridgehead atoms. The predicted molar refractivity (Wildman–Crippen MR) is 56.9 cm³/mol. The van der Waals surface area contributed by atoms with Gasteiger partial charge in [0.05, 0.1) is 0 Å². The minimum Gasteiger partial charge on any atom is -0.480 e. The van der Waals surface area contributed by atoms with Crippen LogP contribution >= 0.6 is 21.9 Å². The topological polar surface area (TPSA) is 63.6 Å². The zero-order chi connectivity index (χ0) is 10.5. The molecule has 1 N–H and O–H groups in total. The maximum atomic E-state index is 11.3. The highest BCUT2D eigenvalue weighted by molar-refractivity contribution is 8.17. The monoisotopic (exact) mass is 242 g/mol. The molecule has 0 radical (unpaired) electrons. The van der Waals surface area contributed by atoms with E-state index in [-0.39, 0.29) is 20.3 Å². The molecule has 0 aromatic heterocycles. The van der Waals surface area contributed by atoms with Crippen LogP contribution in [0.3, 0.4) is 0 Å². The molecule has 4 nitrogen and oxygen atoms in total. The maximum Gasteiger partial charge on any atom is 0.336 e. The summed E-state index contributed by atoms with van der Waals surface area (Å²) in [6, 6.07) is 0.